The van der Waals surface area contributed by atoms with Gasteiger partial charge in [-0.3, -0.25) is 0 Å². The Balaban J connectivity index is 1.87. The Morgan fingerprint density at radius 3 is 2.28 bits per heavy atom. The lowest BCUT2D eigenvalue weighted by Gasteiger charge is -2.21. The number of aromatic nitrogens is 2. The predicted octanol–water partition coefficient (Wildman–Crippen LogP) is 4.65. The van der Waals surface area contributed by atoms with Gasteiger partial charge in [-0.15, -0.1) is 0 Å². The molecule has 5 heteroatoms. The Kier molecular flexibility index (Phi) is 5.33. The maximum Gasteiger partial charge on any atom is 0.229 e. The maximum absolute atomic E-state index is 4.63. The molecule has 1 aromatic heterocycles. The summed E-state index contributed by atoms with van der Waals surface area (Å²) in [5, 5.41) is 7.67. The second-order valence-electron chi connectivity index (χ2n) is 5.79. The van der Waals surface area contributed by atoms with Crippen LogP contribution in [0.4, 0.5) is 23.1 Å². The fraction of sp³-hybridized carbons (Fsp3) is 0.300. The topological polar surface area (TPSA) is 53.1 Å². The average molecular weight is 335 g/mol. The highest BCUT2D eigenvalue weighted by Gasteiger charge is 2.07. The molecule has 0 fully saturated rings. The lowest BCUT2D eigenvalue weighted by atomic mass is 10.2. The van der Waals surface area contributed by atoms with E-state index in [1.165, 1.54) is 5.69 Å². The maximum atomic E-state index is 4.63. The van der Waals surface area contributed by atoms with Crippen molar-refractivity contribution in [3.8, 4) is 0 Å². The zero-order valence-electron chi connectivity index (χ0n) is 15.1. The summed E-state index contributed by atoms with van der Waals surface area (Å²) in [6.45, 7) is 9.23. The standard InChI is InChI=1S/C20H25N5/c1-4-21-19-17-9-7-8-10-18(17)23-20(24-19)22-15-11-13-16(14-12-15)25(5-2)6-3/h7-14H,4-6H2,1-3H3,(H2,21,22,23,24). The van der Waals surface area contributed by atoms with Gasteiger partial charge in [0.2, 0.25) is 5.95 Å². The number of anilines is 4. The second kappa shape index (κ2) is 7.83. The monoisotopic (exact) mass is 335 g/mol. The van der Waals surface area contributed by atoms with Crippen LogP contribution in [-0.2, 0) is 0 Å². The molecule has 3 aromatic rings. The van der Waals surface area contributed by atoms with E-state index in [2.05, 4.69) is 70.5 Å². The van der Waals surface area contributed by atoms with Gasteiger partial charge < -0.3 is 15.5 Å². The van der Waals surface area contributed by atoms with Crippen molar-refractivity contribution >= 4 is 34.0 Å². The highest BCUT2D eigenvalue weighted by molar-refractivity contribution is 5.90. The number of hydrogen-bond acceptors (Lipinski definition) is 5. The molecule has 130 valence electrons. The van der Waals surface area contributed by atoms with Crippen LogP contribution in [0.15, 0.2) is 48.5 Å². The first kappa shape index (κ1) is 17.0. The van der Waals surface area contributed by atoms with Gasteiger partial charge in [-0.2, -0.15) is 4.98 Å². The van der Waals surface area contributed by atoms with E-state index in [0.717, 1.165) is 42.0 Å². The van der Waals surface area contributed by atoms with Gasteiger partial charge in [-0.05, 0) is 57.2 Å². The minimum absolute atomic E-state index is 0.602. The van der Waals surface area contributed by atoms with Crippen molar-refractivity contribution in [2.24, 2.45) is 0 Å². The molecule has 0 radical (unpaired) electrons. The van der Waals surface area contributed by atoms with Crippen molar-refractivity contribution in [1.82, 2.24) is 9.97 Å². The minimum Gasteiger partial charge on any atom is -0.372 e. The first-order chi connectivity index (χ1) is 12.2. The van der Waals surface area contributed by atoms with Crippen molar-refractivity contribution in [2.45, 2.75) is 20.8 Å². The fourth-order valence-corrected chi connectivity index (χ4v) is 2.91. The normalized spacial score (nSPS) is 10.7. The molecule has 0 aliphatic rings. The van der Waals surface area contributed by atoms with E-state index >= 15 is 0 Å². The summed E-state index contributed by atoms with van der Waals surface area (Å²) in [6, 6.07) is 16.4. The van der Waals surface area contributed by atoms with Gasteiger partial charge >= 0.3 is 0 Å². The zero-order valence-corrected chi connectivity index (χ0v) is 15.1. The van der Waals surface area contributed by atoms with Gasteiger partial charge in [0, 0.05) is 36.4 Å². The van der Waals surface area contributed by atoms with Crippen LogP contribution < -0.4 is 15.5 Å². The van der Waals surface area contributed by atoms with Crippen molar-refractivity contribution < 1.29 is 0 Å². The summed E-state index contributed by atoms with van der Waals surface area (Å²) in [6.07, 6.45) is 0. The summed E-state index contributed by atoms with van der Waals surface area (Å²) in [5.41, 5.74) is 3.13. The number of para-hydroxylation sites is 1. The molecule has 5 nitrogen and oxygen atoms in total. The molecule has 0 unspecified atom stereocenters. The molecule has 0 atom stereocenters. The third-order valence-electron chi connectivity index (χ3n) is 4.20. The van der Waals surface area contributed by atoms with E-state index in [1.54, 1.807) is 0 Å². The number of nitrogens with one attached hydrogen (secondary N) is 2. The summed E-state index contributed by atoms with van der Waals surface area (Å²) < 4.78 is 0. The Morgan fingerprint density at radius 2 is 1.60 bits per heavy atom. The SMILES string of the molecule is CCNc1nc(Nc2ccc(N(CC)CC)cc2)nc2ccccc12. The second-order valence-corrected chi connectivity index (χ2v) is 5.79. The average Bonchev–Trinajstić information content (AvgIpc) is 2.64. The van der Waals surface area contributed by atoms with E-state index in [9.17, 15) is 0 Å². The van der Waals surface area contributed by atoms with Crippen LogP contribution in [0.2, 0.25) is 0 Å². The van der Waals surface area contributed by atoms with E-state index in [0.29, 0.717) is 5.95 Å². The molecule has 0 amide bonds. The summed E-state index contributed by atoms with van der Waals surface area (Å²) in [7, 11) is 0. The van der Waals surface area contributed by atoms with Crippen LogP contribution in [0.25, 0.3) is 10.9 Å². The minimum atomic E-state index is 0.602. The predicted molar refractivity (Wildman–Crippen MR) is 107 cm³/mol. The van der Waals surface area contributed by atoms with Crippen LogP contribution in [0, 0.1) is 0 Å². The van der Waals surface area contributed by atoms with Crippen LogP contribution in [0.5, 0.6) is 0 Å². The Morgan fingerprint density at radius 1 is 0.880 bits per heavy atom. The lowest BCUT2D eigenvalue weighted by molar-refractivity contribution is 0.866. The van der Waals surface area contributed by atoms with E-state index in [1.807, 2.05) is 24.3 Å². The smallest absolute Gasteiger partial charge is 0.229 e. The summed E-state index contributed by atoms with van der Waals surface area (Å²) in [4.78, 5) is 11.6. The van der Waals surface area contributed by atoms with Crippen LogP contribution in [-0.4, -0.2) is 29.6 Å². The first-order valence-corrected chi connectivity index (χ1v) is 8.87. The first-order valence-electron chi connectivity index (χ1n) is 8.87. The molecule has 25 heavy (non-hydrogen) atoms. The van der Waals surface area contributed by atoms with Gasteiger partial charge in [-0.25, -0.2) is 4.98 Å². The molecule has 0 bridgehead atoms. The fourth-order valence-electron chi connectivity index (χ4n) is 2.91. The number of rotatable bonds is 7. The number of nitrogens with zero attached hydrogens (tertiary/aromatic N) is 3. The molecule has 0 saturated heterocycles. The van der Waals surface area contributed by atoms with Crippen molar-refractivity contribution in [3.63, 3.8) is 0 Å². The van der Waals surface area contributed by atoms with E-state index < -0.39 is 0 Å². The van der Waals surface area contributed by atoms with E-state index in [4.69, 9.17) is 0 Å². The molecular formula is C20H25N5. The van der Waals surface area contributed by atoms with Gasteiger partial charge in [-0.1, -0.05) is 12.1 Å². The van der Waals surface area contributed by atoms with Crippen molar-refractivity contribution in [1.29, 1.82) is 0 Å². The molecule has 0 spiro atoms. The molecule has 1 heterocycles. The van der Waals surface area contributed by atoms with Crippen LogP contribution in [0.1, 0.15) is 20.8 Å². The summed E-state index contributed by atoms with van der Waals surface area (Å²) >= 11 is 0. The van der Waals surface area contributed by atoms with Crippen LogP contribution >= 0.6 is 0 Å². The quantitative estimate of drug-likeness (QED) is 0.658. The number of benzene rings is 2. The molecule has 2 aromatic carbocycles. The van der Waals surface area contributed by atoms with Crippen molar-refractivity contribution in [2.75, 3.05) is 35.2 Å². The van der Waals surface area contributed by atoms with Gasteiger partial charge in [0.25, 0.3) is 0 Å². The Hall–Kier alpha value is -2.82. The third-order valence-corrected chi connectivity index (χ3v) is 4.20. The zero-order chi connectivity index (χ0) is 17.6. The number of fused-ring (bicyclic) bond motifs is 1. The molecule has 0 saturated carbocycles. The molecule has 0 aliphatic carbocycles. The molecule has 0 aliphatic heterocycles. The van der Waals surface area contributed by atoms with Gasteiger partial charge in [0.05, 0.1) is 5.52 Å². The highest BCUT2D eigenvalue weighted by Crippen LogP contribution is 2.24. The van der Waals surface area contributed by atoms with Crippen LogP contribution in [0.3, 0.4) is 0 Å². The molecule has 3 rings (SSSR count). The lowest BCUT2D eigenvalue weighted by Crippen LogP contribution is -2.21. The largest absolute Gasteiger partial charge is 0.372 e. The molecule has 2 N–H and O–H groups in total. The van der Waals surface area contributed by atoms with Crippen molar-refractivity contribution in [3.05, 3.63) is 48.5 Å². The van der Waals surface area contributed by atoms with Gasteiger partial charge in [0.15, 0.2) is 0 Å². The Labute approximate surface area is 149 Å². The summed E-state index contributed by atoms with van der Waals surface area (Å²) in [5.74, 6) is 1.46. The third kappa shape index (κ3) is 3.82. The Bertz CT molecular complexity index is 825. The molecular weight excluding hydrogens is 310 g/mol. The number of hydrogen-bond donors (Lipinski definition) is 2. The highest BCUT2D eigenvalue weighted by atomic mass is 15.1. The van der Waals surface area contributed by atoms with E-state index in [-0.39, 0.29) is 0 Å². The van der Waals surface area contributed by atoms with Gasteiger partial charge in [0.1, 0.15) is 5.82 Å².